The Morgan fingerprint density at radius 2 is 2.11 bits per heavy atom. The van der Waals surface area contributed by atoms with Gasteiger partial charge in [-0.2, -0.15) is 0 Å². The van der Waals surface area contributed by atoms with E-state index in [1.807, 2.05) is 6.92 Å². The highest BCUT2D eigenvalue weighted by atomic mass is 16.5. The highest BCUT2D eigenvalue weighted by molar-refractivity contribution is 5.41. The third-order valence-electron chi connectivity index (χ3n) is 1.85. The van der Waals surface area contributed by atoms with Crippen molar-refractivity contribution in [2.24, 2.45) is 0 Å². The first-order valence-corrected chi connectivity index (χ1v) is 3.62. The molecule has 0 fully saturated rings. The molecule has 1 atom stereocenters. The minimum Gasteiger partial charge on any atom is -0.370 e. The van der Waals surface area contributed by atoms with Gasteiger partial charge in [0.05, 0.1) is 6.10 Å². The van der Waals surface area contributed by atoms with Gasteiger partial charge in [0.1, 0.15) is 0 Å². The molecule has 0 bridgehead atoms. The summed E-state index contributed by atoms with van der Waals surface area (Å²) < 4.78 is 5.39. The Hall–Kier alpha value is -0.300. The summed E-state index contributed by atoms with van der Waals surface area (Å²) >= 11 is 0. The average Bonchev–Trinajstić information content (AvgIpc) is 2.44. The second kappa shape index (κ2) is 2.53. The van der Waals surface area contributed by atoms with E-state index >= 15 is 0 Å². The fourth-order valence-corrected chi connectivity index (χ4v) is 1.22. The second-order valence-corrected chi connectivity index (χ2v) is 2.40. The lowest BCUT2D eigenvalue weighted by Gasteiger charge is -1.97. The lowest BCUT2D eigenvalue weighted by Crippen LogP contribution is -1.97. The Morgan fingerprint density at radius 1 is 1.44 bits per heavy atom. The van der Waals surface area contributed by atoms with Gasteiger partial charge in [0.15, 0.2) is 0 Å². The number of ether oxygens (including phenoxy) is 1. The molecule has 0 aromatic rings. The van der Waals surface area contributed by atoms with Gasteiger partial charge in [-0.25, -0.2) is 0 Å². The minimum absolute atomic E-state index is 0.431. The van der Waals surface area contributed by atoms with Crippen LogP contribution in [0.5, 0.6) is 0 Å². The minimum atomic E-state index is 0.431. The predicted molar refractivity (Wildman–Crippen MR) is 38.4 cm³/mol. The van der Waals surface area contributed by atoms with Crippen molar-refractivity contribution >= 4 is 0 Å². The van der Waals surface area contributed by atoms with Gasteiger partial charge in [-0.3, -0.25) is 0 Å². The molecule has 0 heterocycles. The molecule has 1 rings (SSSR count). The molecule has 0 N–H and O–H groups in total. The van der Waals surface area contributed by atoms with E-state index in [1.165, 1.54) is 11.1 Å². The van der Waals surface area contributed by atoms with Crippen LogP contribution in [0.1, 0.15) is 27.2 Å². The molecule has 0 aliphatic heterocycles. The van der Waals surface area contributed by atoms with Crippen LogP contribution in [0.15, 0.2) is 11.1 Å². The number of hydrogen-bond acceptors (Lipinski definition) is 1. The largest absolute Gasteiger partial charge is 0.370 e. The van der Waals surface area contributed by atoms with Crippen LogP contribution >= 0.6 is 0 Å². The van der Waals surface area contributed by atoms with E-state index in [9.17, 15) is 0 Å². The van der Waals surface area contributed by atoms with Crippen LogP contribution in [0, 0.1) is 0 Å². The van der Waals surface area contributed by atoms with Crippen LogP contribution in [0.3, 0.4) is 0 Å². The molecule has 0 aromatic carbocycles. The maximum Gasteiger partial charge on any atom is 0.1000 e. The highest BCUT2D eigenvalue weighted by Gasteiger charge is 2.30. The van der Waals surface area contributed by atoms with Crippen molar-refractivity contribution in [1.29, 1.82) is 0 Å². The maximum absolute atomic E-state index is 5.39. The Bertz CT molecular complexity index is 136. The summed E-state index contributed by atoms with van der Waals surface area (Å²) in [6.07, 6.45) is 1.59. The zero-order valence-corrected chi connectivity index (χ0v) is 6.40. The molecule has 1 aliphatic rings. The highest BCUT2D eigenvalue weighted by Crippen LogP contribution is 2.36. The SMILES string of the molecule is CCOC1C(C)=C1CC. The monoisotopic (exact) mass is 126 g/mol. The fraction of sp³-hybridized carbons (Fsp3) is 0.750. The fourth-order valence-electron chi connectivity index (χ4n) is 1.22. The maximum atomic E-state index is 5.39. The van der Waals surface area contributed by atoms with Crippen molar-refractivity contribution in [3.05, 3.63) is 11.1 Å². The van der Waals surface area contributed by atoms with Gasteiger partial charge < -0.3 is 4.74 Å². The summed E-state index contributed by atoms with van der Waals surface area (Å²) in [5.41, 5.74) is 2.97. The zero-order valence-electron chi connectivity index (χ0n) is 6.40. The van der Waals surface area contributed by atoms with E-state index in [1.54, 1.807) is 0 Å². The van der Waals surface area contributed by atoms with Gasteiger partial charge in [0, 0.05) is 6.61 Å². The van der Waals surface area contributed by atoms with Gasteiger partial charge in [-0.05, 0) is 31.4 Å². The standard InChI is InChI=1S/C8H14O/c1-4-7-6(3)8(7)9-5-2/h8H,4-5H2,1-3H3. The van der Waals surface area contributed by atoms with E-state index in [-0.39, 0.29) is 0 Å². The van der Waals surface area contributed by atoms with Crippen molar-refractivity contribution in [1.82, 2.24) is 0 Å². The molecule has 1 unspecified atom stereocenters. The van der Waals surface area contributed by atoms with E-state index in [0.717, 1.165) is 13.0 Å². The third-order valence-corrected chi connectivity index (χ3v) is 1.85. The first kappa shape index (κ1) is 6.81. The molecule has 52 valence electrons. The third kappa shape index (κ3) is 1.16. The van der Waals surface area contributed by atoms with E-state index in [0.29, 0.717) is 6.10 Å². The van der Waals surface area contributed by atoms with E-state index in [2.05, 4.69) is 13.8 Å². The molecule has 1 nitrogen and oxygen atoms in total. The summed E-state index contributed by atoms with van der Waals surface area (Å²) in [5, 5.41) is 0. The summed E-state index contributed by atoms with van der Waals surface area (Å²) in [7, 11) is 0. The zero-order chi connectivity index (χ0) is 6.85. The van der Waals surface area contributed by atoms with Crippen molar-refractivity contribution in [2.45, 2.75) is 33.3 Å². The van der Waals surface area contributed by atoms with Crippen LogP contribution in [0.2, 0.25) is 0 Å². The summed E-state index contributed by atoms with van der Waals surface area (Å²) in [4.78, 5) is 0. The number of hydrogen-bond donors (Lipinski definition) is 0. The molecule has 1 aliphatic carbocycles. The average molecular weight is 126 g/mol. The van der Waals surface area contributed by atoms with Crippen molar-refractivity contribution in [3.63, 3.8) is 0 Å². The van der Waals surface area contributed by atoms with Crippen molar-refractivity contribution in [2.75, 3.05) is 6.61 Å². The molecule has 0 spiro atoms. The predicted octanol–water partition coefficient (Wildman–Crippen LogP) is 2.13. The molecular weight excluding hydrogens is 112 g/mol. The lowest BCUT2D eigenvalue weighted by atomic mass is 10.4. The van der Waals surface area contributed by atoms with Gasteiger partial charge >= 0.3 is 0 Å². The molecule has 0 amide bonds. The second-order valence-electron chi connectivity index (χ2n) is 2.40. The molecule has 0 saturated heterocycles. The normalized spacial score (nSPS) is 25.0. The van der Waals surface area contributed by atoms with Gasteiger partial charge in [-0.15, -0.1) is 0 Å². The molecular formula is C8H14O. The van der Waals surface area contributed by atoms with Crippen molar-refractivity contribution in [3.8, 4) is 0 Å². The Morgan fingerprint density at radius 3 is 2.44 bits per heavy atom. The molecule has 0 aromatic heterocycles. The molecule has 1 heteroatoms. The quantitative estimate of drug-likeness (QED) is 0.526. The summed E-state index contributed by atoms with van der Waals surface area (Å²) in [6.45, 7) is 7.21. The smallest absolute Gasteiger partial charge is 0.1000 e. The van der Waals surface area contributed by atoms with Gasteiger partial charge in [0.2, 0.25) is 0 Å². The summed E-state index contributed by atoms with van der Waals surface area (Å²) in [5.74, 6) is 0. The van der Waals surface area contributed by atoms with Crippen LogP contribution in [-0.2, 0) is 4.74 Å². The van der Waals surface area contributed by atoms with Crippen LogP contribution in [-0.4, -0.2) is 12.7 Å². The Kier molecular flexibility index (Phi) is 1.91. The van der Waals surface area contributed by atoms with Crippen LogP contribution in [0.4, 0.5) is 0 Å². The molecule has 9 heavy (non-hydrogen) atoms. The lowest BCUT2D eigenvalue weighted by molar-refractivity contribution is 0.139. The van der Waals surface area contributed by atoms with Crippen LogP contribution < -0.4 is 0 Å². The van der Waals surface area contributed by atoms with Gasteiger partial charge in [-0.1, -0.05) is 6.92 Å². The number of rotatable bonds is 3. The molecule has 0 radical (unpaired) electrons. The van der Waals surface area contributed by atoms with Crippen molar-refractivity contribution < 1.29 is 4.74 Å². The Balaban J connectivity index is 2.25. The first-order valence-electron chi connectivity index (χ1n) is 3.62. The molecule has 0 saturated carbocycles. The topological polar surface area (TPSA) is 9.23 Å². The van der Waals surface area contributed by atoms with E-state index in [4.69, 9.17) is 4.74 Å². The van der Waals surface area contributed by atoms with E-state index < -0.39 is 0 Å². The van der Waals surface area contributed by atoms with Gasteiger partial charge in [0.25, 0.3) is 0 Å². The van der Waals surface area contributed by atoms with Crippen LogP contribution in [0.25, 0.3) is 0 Å². The Labute approximate surface area is 56.7 Å². The summed E-state index contributed by atoms with van der Waals surface area (Å²) in [6, 6.07) is 0. The first-order chi connectivity index (χ1) is 4.31.